The first-order chi connectivity index (χ1) is 7.59. The fourth-order valence-electron chi connectivity index (χ4n) is 0.597. The second-order valence-corrected chi connectivity index (χ2v) is 4.66. The Kier molecular flexibility index (Phi) is 5.49. The van der Waals surface area contributed by atoms with Crippen LogP contribution in [0.25, 0.3) is 0 Å². The van der Waals surface area contributed by atoms with Crippen molar-refractivity contribution in [2.45, 2.75) is 19.1 Å². The maximum absolute atomic E-state index is 12.6. The van der Waals surface area contributed by atoms with E-state index in [-0.39, 0.29) is 6.61 Å². The first kappa shape index (κ1) is 15.8. The SMILES string of the molecule is CC(C)=COCCOC(=O)C(F)(F)S(=O)(=O)O. The smallest absolute Gasteiger partial charge is 0.465 e. The quantitative estimate of drug-likeness (QED) is 0.336. The van der Waals surface area contributed by atoms with Crippen LogP contribution in [-0.2, 0) is 24.4 Å². The lowest BCUT2D eigenvalue weighted by Gasteiger charge is -2.11. The van der Waals surface area contributed by atoms with Crippen LogP contribution in [0.1, 0.15) is 13.8 Å². The van der Waals surface area contributed by atoms with Crippen LogP contribution >= 0.6 is 0 Å². The van der Waals surface area contributed by atoms with Gasteiger partial charge < -0.3 is 9.47 Å². The van der Waals surface area contributed by atoms with Gasteiger partial charge in [0.05, 0.1) is 6.26 Å². The molecule has 0 aliphatic carbocycles. The lowest BCUT2D eigenvalue weighted by molar-refractivity contribution is -0.162. The number of hydrogen-bond donors (Lipinski definition) is 1. The highest BCUT2D eigenvalue weighted by atomic mass is 32.2. The fourth-order valence-corrected chi connectivity index (χ4v) is 0.867. The summed E-state index contributed by atoms with van der Waals surface area (Å²) in [6.45, 7) is 2.67. The van der Waals surface area contributed by atoms with Gasteiger partial charge in [-0.25, -0.2) is 4.79 Å². The Morgan fingerprint density at radius 3 is 2.29 bits per heavy atom. The van der Waals surface area contributed by atoms with Gasteiger partial charge in [0.2, 0.25) is 0 Å². The van der Waals surface area contributed by atoms with E-state index in [1.54, 1.807) is 13.8 Å². The van der Waals surface area contributed by atoms with Crippen LogP contribution < -0.4 is 0 Å². The van der Waals surface area contributed by atoms with E-state index in [0.29, 0.717) is 0 Å². The largest absolute Gasteiger partial charge is 0.498 e. The summed E-state index contributed by atoms with van der Waals surface area (Å²) >= 11 is 0. The van der Waals surface area contributed by atoms with E-state index in [9.17, 15) is 22.0 Å². The number of ether oxygens (including phenoxy) is 2. The highest BCUT2D eigenvalue weighted by molar-refractivity contribution is 7.87. The van der Waals surface area contributed by atoms with Gasteiger partial charge in [0, 0.05) is 0 Å². The molecule has 0 aromatic heterocycles. The molecule has 0 aromatic carbocycles. The van der Waals surface area contributed by atoms with Crippen LogP contribution in [0.2, 0.25) is 0 Å². The third-order valence-corrected chi connectivity index (χ3v) is 2.13. The van der Waals surface area contributed by atoms with Crippen molar-refractivity contribution < 1.29 is 36.0 Å². The molecule has 0 radical (unpaired) electrons. The molecule has 17 heavy (non-hydrogen) atoms. The Morgan fingerprint density at radius 2 is 1.88 bits per heavy atom. The van der Waals surface area contributed by atoms with Crippen LogP contribution in [0.3, 0.4) is 0 Å². The Hall–Kier alpha value is -1.22. The molecule has 0 spiro atoms. The van der Waals surface area contributed by atoms with Crippen molar-refractivity contribution in [2.24, 2.45) is 0 Å². The van der Waals surface area contributed by atoms with Crippen LogP contribution in [0.5, 0.6) is 0 Å². The Bertz CT molecular complexity index is 396. The van der Waals surface area contributed by atoms with Crippen molar-refractivity contribution in [1.29, 1.82) is 0 Å². The molecular weight excluding hydrogens is 262 g/mol. The second kappa shape index (κ2) is 5.92. The van der Waals surface area contributed by atoms with Gasteiger partial charge in [-0.05, 0) is 19.4 Å². The lowest BCUT2D eigenvalue weighted by Crippen LogP contribution is -2.39. The van der Waals surface area contributed by atoms with Gasteiger partial charge in [0.15, 0.2) is 0 Å². The molecular formula is C8H12F2O6S. The maximum atomic E-state index is 12.6. The Morgan fingerprint density at radius 1 is 1.35 bits per heavy atom. The molecule has 0 bridgehead atoms. The molecule has 0 unspecified atom stereocenters. The van der Waals surface area contributed by atoms with Gasteiger partial charge in [-0.15, -0.1) is 0 Å². The zero-order chi connectivity index (χ0) is 13.7. The van der Waals surface area contributed by atoms with E-state index in [0.717, 1.165) is 5.57 Å². The molecule has 9 heteroatoms. The van der Waals surface area contributed by atoms with Crippen LogP contribution in [0.4, 0.5) is 8.78 Å². The van der Waals surface area contributed by atoms with E-state index in [2.05, 4.69) is 4.74 Å². The molecule has 0 aromatic rings. The van der Waals surface area contributed by atoms with E-state index in [1.807, 2.05) is 0 Å². The second-order valence-electron chi connectivity index (χ2n) is 3.19. The summed E-state index contributed by atoms with van der Waals surface area (Å²) in [6, 6.07) is 0. The number of esters is 1. The van der Waals surface area contributed by atoms with E-state index < -0.39 is 27.9 Å². The van der Waals surface area contributed by atoms with E-state index in [4.69, 9.17) is 9.29 Å². The van der Waals surface area contributed by atoms with Crippen molar-refractivity contribution in [2.75, 3.05) is 13.2 Å². The summed E-state index contributed by atoms with van der Waals surface area (Å²) in [6.07, 6.45) is 1.31. The zero-order valence-electron chi connectivity index (χ0n) is 9.14. The maximum Gasteiger partial charge on any atom is 0.465 e. The molecule has 0 aliphatic rings. The zero-order valence-corrected chi connectivity index (χ0v) is 9.96. The van der Waals surface area contributed by atoms with Crippen molar-refractivity contribution in [3.8, 4) is 0 Å². The number of halogens is 2. The molecule has 0 saturated carbocycles. The minimum atomic E-state index is -5.82. The summed E-state index contributed by atoms with van der Waals surface area (Å²) in [7, 11) is -5.82. The van der Waals surface area contributed by atoms with Crippen molar-refractivity contribution in [3.63, 3.8) is 0 Å². The molecule has 0 rings (SSSR count). The minimum absolute atomic E-state index is 0.210. The minimum Gasteiger partial charge on any atom is -0.498 e. The Labute approximate surface area is 97.0 Å². The summed E-state index contributed by atoms with van der Waals surface area (Å²) in [5.41, 5.74) is 0.805. The van der Waals surface area contributed by atoms with Crippen LogP contribution in [0.15, 0.2) is 11.8 Å². The predicted molar refractivity (Wildman–Crippen MR) is 52.8 cm³/mol. The van der Waals surface area contributed by atoms with Crippen molar-refractivity contribution in [1.82, 2.24) is 0 Å². The third kappa shape index (κ3) is 5.09. The lowest BCUT2D eigenvalue weighted by atomic mass is 10.4. The van der Waals surface area contributed by atoms with Gasteiger partial charge >= 0.3 is 21.3 Å². The monoisotopic (exact) mass is 274 g/mol. The van der Waals surface area contributed by atoms with Gasteiger partial charge in [0.1, 0.15) is 13.2 Å². The Balaban J connectivity index is 4.17. The summed E-state index contributed by atoms with van der Waals surface area (Å²) < 4.78 is 62.2. The van der Waals surface area contributed by atoms with E-state index >= 15 is 0 Å². The van der Waals surface area contributed by atoms with Crippen LogP contribution in [0, 0.1) is 0 Å². The topological polar surface area (TPSA) is 89.9 Å². The normalized spacial score (nSPS) is 11.8. The molecule has 0 atom stereocenters. The first-order valence-electron chi connectivity index (χ1n) is 4.36. The number of carbonyl (C=O) groups is 1. The standard InChI is InChI=1S/C8H12F2O6S/c1-6(2)5-15-3-4-16-7(11)8(9,10)17(12,13)14/h5H,3-4H2,1-2H3,(H,12,13,14). The molecule has 0 fully saturated rings. The summed E-state index contributed by atoms with van der Waals surface area (Å²) in [4.78, 5) is 10.6. The molecule has 1 N–H and O–H groups in total. The van der Waals surface area contributed by atoms with Crippen molar-refractivity contribution >= 4 is 16.1 Å². The number of rotatable bonds is 6. The summed E-state index contributed by atoms with van der Waals surface area (Å²) in [5.74, 6) is -2.35. The molecule has 0 amide bonds. The van der Waals surface area contributed by atoms with E-state index in [1.165, 1.54) is 6.26 Å². The highest BCUT2D eigenvalue weighted by Gasteiger charge is 2.54. The van der Waals surface area contributed by atoms with Crippen LogP contribution in [-0.4, -0.2) is 37.4 Å². The number of alkyl halides is 2. The van der Waals surface area contributed by atoms with Gasteiger partial charge in [-0.3, -0.25) is 4.55 Å². The fraction of sp³-hybridized carbons (Fsp3) is 0.625. The van der Waals surface area contributed by atoms with Gasteiger partial charge in [-0.2, -0.15) is 17.2 Å². The number of hydrogen-bond acceptors (Lipinski definition) is 5. The third-order valence-electron chi connectivity index (χ3n) is 1.31. The number of carbonyl (C=O) groups excluding carboxylic acids is 1. The molecule has 6 nitrogen and oxygen atoms in total. The summed E-state index contributed by atoms with van der Waals surface area (Å²) in [5, 5.41) is -4.97. The average Bonchev–Trinajstić information content (AvgIpc) is 2.14. The number of allylic oxidation sites excluding steroid dienone is 1. The molecule has 0 aliphatic heterocycles. The highest BCUT2D eigenvalue weighted by Crippen LogP contribution is 2.21. The molecule has 0 heterocycles. The van der Waals surface area contributed by atoms with Gasteiger partial charge in [-0.1, -0.05) is 0 Å². The van der Waals surface area contributed by atoms with Gasteiger partial charge in [0.25, 0.3) is 0 Å². The molecule has 0 saturated heterocycles. The molecule has 100 valence electrons. The predicted octanol–water partition coefficient (Wildman–Crippen LogP) is 0.951. The van der Waals surface area contributed by atoms with Crippen molar-refractivity contribution in [3.05, 3.63) is 11.8 Å². The average molecular weight is 274 g/mol. The first-order valence-corrected chi connectivity index (χ1v) is 5.80.